The van der Waals surface area contributed by atoms with E-state index in [1.54, 1.807) is 0 Å². The van der Waals surface area contributed by atoms with Crippen LogP contribution in [0.3, 0.4) is 0 Å². The molecular formula is C39H29N. The first-order valence-corrected chi connectivity index (χ1v) is 14.0. The third-order valence-corrected chi connectivity index (χ3v) is 8.79. The highest BCUT2D eigenvalue weighted by atomic mass is 15.1. The maximum atomic E-state index is 2.47. The lowest BCUT2D eigenvalue weighted by atomic mass is 9.81. The quantitative estimate of drug-likeness (QED) is 0.213. The molecule has 1 heteroatoms. The highest BCUT2D eigenvalue weighted by molar-refractivity contribution is 6.21. The van der Waals surface area contributed by atoms with E-state index in [0.29, 0.717) is 0 Å². The summed E-state index contributed by atoms with van der Waals surface area (Å²) >= 11 is 0. The predicted molar refractivity (Wildman–Crippen MR) is 171 cm³/mol. The Morgan fingerprint density at radius 1 is 0.425 bits per heavy atom. The van der Waals surface area contributed by atoms with Gasteiger partial charge in [0.15, 0.2) is 0 Å². The average Bonchev–Trinajstić information content (AvgIpc) is 3.23. The predicted octanol–water partition coefficient (Wildman–Crippen LogP) is 10.9. The van der Waals surface area contributed by atoms with E-state index in [2.05, 4.69) is 158 Å². The van der Waals surface area contributed by atoms with Crippen molar-refractivity contribution in [3.63, 3.8) is 0 Å². The first kappa shape index (κ1) is 23.0. The number of para-hydroxylation sites is 2. The Morgan fingerprint density at radius 2 is 1.02 bits per heavy atom. The topological polar surface area (TPSA) is 3.24 Å². The summed E-state index contributed by atoms with van der Waals surface area (Å²) in [5, 5.41) is 7.79. The van der Waals surface area contributed by atoms with E-state index in [1.807, 2.05) is 0 Å². The van der Waals surface area contributed by atoms with E-state index in [1.165, 1.54) is 54.6 Å². The Bertz CT molecular complexity index is 2030. The van der Waals surface area contributed by atoms with Crippen LogP contribution in [0.2, 0.25) is 0 Å². The lowest BCUT2D eigenvalue weighted by molar-refractivity contribution is 0.661. The van der Waals surface area contributed by atoms with Crippen molar-refractivity contribution in [2.45, 2.75) is 19.3 Å². The molecule has 0 aromatic heterocycles. The van der Waals surface area contributed by atoms with Crippen LogP contribution in [0.5, 0.6) is 0 Å². The van der Waals surface area contributed by atoms with Crippen LogP contribution in [0, 0.1) is 0 Å². The summed E-state index contributed by atoms with van der Waals surface area (Å²) in [7, 11) is 0. The SMILES string of the molecule is CC1(C)c2ccccc2-c2cc3ccc4ccc5cc(N(c6ccccc6)c6ccccc6)ccc5c4c3cc21. The summed E-state index contributed by atoms with van der Waals surface area (Å²) in [6.07, 6.45) is 0. The third-order valence-electron chi connectivity index (χ3n) is 8.79. The third kappa shape index (κ3) is 3.34. The summed E-state index contributed by atoms with van der Waals surface area (Å²) in [5.41, 5.74) is 9.01. The van der Waals surface area contributed by atoms with Crippen molar-refractivity contribution < 1.29 is 0 Å². The van der Waals surface area contributed by atoms with E-state index in [0.717, 1.165) is 17.1 Å². The minimum Gasteiger partial charge on any atom is -0.310 e. The summed E-state index contributed by atoms with van der Waals surface area (Å²) in [4.78, 5) is 2.33. The molecule has 0 bridgehead atoms. The molecule has 8 rings (SSSR count). The number of hydrogen-bond donors (Lipinski definition) is 0. The van der Waals surface area contributed by atoms with Gasteiger partial charge in [-0.05, 0) is 103 Å². The maximum Gasteiger partial charge on any atom is 0.0468 e. The van der Waals surface area contributed by atoms with Crippen LogP contribution in [0.1, 0.15) is 25.0 Å². The number of fused-ring (bicyclic) bond motifs is 8. The van der Waals surface area contributed by atoms with Gasteiger partial charge in [0.1, 0.15) is 0 Å². The van der Waals surface area contributed by atoms with Gasteiger partial charge >= 0.3 is 0 Å². The normalized spacial score (nSPS) is 13.4. The van der Waals surface area contributed by atoms with Gasteiger partial charge in [0.05, 0.1) is 0 Å². The van der Waals surface area contributed by atoms with Crippen LogP contribution < -0.4 is 4.90 Å². The fraction of sp³-hybridized carbons (Fsp3) is 0.0769. The van der Waals surface area contributed by atoms with Crippen LogP contribution in [0.25, 0.3) is 43.4 Å². The van der Waals surface area contributed by atoms with Gasteiger partial charge in [-0.2, -0.15) is 0 Å². The van der Waals surface area contributed by atoms with Gasteiger partial charge in [0.25, 0.3) is 0 Å². The smallest absolute Gasteiger partial charge is 0.0468 e. The van der Waals surface area contributed by atoms with Crippen molar-refractivity contribution in [1.29, 1.82) is 0 Å². The summed E-state index contributed by atoms with van der Waals surface area (Å²) < 4.78 is 0. The van der Waals surface area contributed by atoms with Crippen LogP contribution in [0.4, 0.5) is 17.1 Å². The van der Waals surface area contributed by atoms with Crippen molar-refractivity contribution in [1.82, 2.24) is 0 Å². The first-order valence-electron chi connectivity index (χ1n) is 14.0. The van der Waals surface area contributed by atoms with E-state index < -0.39 is 0 Å². The first-order chi connectivity index (χ1) is 19.6. The molecule has 0 N–H and O–H groups in total. The molecule has 0 atom stereocenters. The van der Waals surface area contributed by atoms with Crippen molar-refractivity contribution in [3.8, 4) is 11.1 Å². The lowest BCUT2D eigenvalue weighted by Gasteiger charge is -2.26. The number of nitrogens with zero attached hydrogens (tertiary/aromatic N) is 1. The molecule has 0 saturated carbocycles. The van der Waals surface area contributed by atoms with E-state index in [4.69, 9.17) is 0 Å². The molecule has 1 nitrogen and oxygen atoms in total. The second-order valence-corrected chi connectivity index (χ2v) is 11.4. The fourth-order valence-electron chi connectivity index (χ4n) is 6.81. The van der Waals surface area contributed by atoms with Gasteiger partial charge < -0.3 is 4.90 Å². The summed E-state index contributed by atoms with van der Waals surface area (Å²) in [6, 6.07) is 51.1. The zero-order chi connectivity index (χ0) is 26.8. The van der Waals surface area contributed by atoms with Gasteiger partial charge in [-0.15, -0.1) is 0 Å². The lowest BCUT2D eigenvalue weighted by Crippen LogP contribution is -2.14. The van der Waals surface area contributed by atoms with E-state index >= 15 is 0 Å². The molecule has 190 valence electrons. The van der Waals surface area contributed by atoms with Gasteiger partial charge in [-0.1, -0.05) is 105 Å². The molecule has 1 aliphatic carbocycles. The van der Waals surface area contributed by atoms with E-state index in [9.17, 15) is 0 Å². The Labute approximate surface area is 234 Å². The van der Waals surface area contributed by atoms with Crippen molar-refractivity contribution >= 4 is 49.4 Å². The molecule has 1 aliphatic rings. The Morgan fingerprint density at radius 3 is 1.73 bits per heavy atom. The summed E-state index contributed by atoms with van der Waals surface area (Å²) in [5.74, 6) is 0. The number of benzene rings is 7. The molecule has 0 saturated heterocycles. The molecule has 0 fully saturated rings. The van der Waals surface area contributed by atoms with Gasteiger partial charge in [0.2, 0.25) is 0 Å². The fourth-order valence-corrected chi connectivity index (χ4v) is 6.81. The molecule has 0 spiro atoms. The molecule has 0 radical (unpaired) electrons. The Hall–Kier alpha value is -4.88. The molecule has 0 heterocycles. The largest absolute Gasteiger partial charge is 0.310 e. The number of rotatable bonds is 3. The number of hydrogen-bond acceptors (Lipinski definition) is 1. The average molecular weight is 512 g/mol. The highest BCUT2D eigenvalue weighted by Gasteiger charge is 2.35. The minimum atomic E-state index is -0.0219. The van der Waals surface area contributed by atoms with Crippen LogP contribution in [0.15, 0.2) is 140 Å². The van der Waals surface area contributed by atoms with E-state index in [-0.39, 0.29) is 5.41 Å². The second kappa shape index (κ2) is 8.56. The standard InChI is InChI=1S/C39H29N/c1-39(2)36-16-10-9-15-33(36)35-24-28-20-18-26-17-19-27-23-31(21-22-32(27)38(26)34(28)25-37(35)39)40(29-11-5-3-6-12-29)30-13-7-4-8-14-30/h3-25H,1-2H3. The van der Waals surface area contributed by atoms with Crippen molar-refractivity contribution in [2.24, 2.45) is 0 Å². The van der Waals surface area contributed by atoms with Crippen molar-refractivity contribution in [3.05, 3.63) is 151 Å². The molecule has 0 unspecified atom stereocenters. The monoisotopic (exact) mass is 511 g/mol. The molecule has 40 heavy (non-hydrogen) atoms. The van der Waals surface area contributed by atoms with Gasteiger partial charge in [0, 0.05) is 22.5 Å². The minimum absolute atomic E-state index is 0.0219. The van der Waals surface area contributed by atoms with Crippen molar-refractivity contribution in [2.75, 3.05) is 4.90 Å². The summed E-state index contributed by atoms with van der Waals surface area (Å²) in [6.45, 7) is 4.72. The van der Waals surface area contributed by atoms with Gasteiger partial charge in [-0.3, -0.25) is 0 Å². The second-order valence-electron chi connectivity index (χ2n) is 11.4. The molecule has 7 aromatic rings. The van der Waals surface area contributed by atoms with Gasteiger partial charge in [-0.25, -0.2) is 0 Å². The van der Waals surface area contributed by atoms with Crippen LogP contribution >= 0.6 is 0 Å². The zero-order valence-electron chi connectivity index (χ0n) is 22.7. The van der Waals surface area contributed by atoms with Crippen LogP contribution in [-0.2, 0) is 5.41 Å². The van der Waals surface area contributed by atoms with Crippen LogP contribution in [-0.4, -0.2) is 0 Å². The molecule has 7 aromatic carbocycles. The maximum absolute atomic E-state index is 2.47. The number of anilines is 3. The Kier molecular flexibility index (Phi) is 4.93. The Balaban J connectivity index is 1.36. The molecular weight excluding hydrogens is 482 g/mol. The highest BCUT2D eigenvalue weighted by Crippen LogP contribution is 2.50. The molecule has 0 amide bonds. The molecule has 0 aliphatic heterocycles. The zero-order valence-corrected chi connectivity index (χ0v) is 22.7.